The summed E-state index contributed by atoms with van der Waals surface area (Å²) in [5.74, 6) is -5.40. The highest BCUT2D eigenvalue weighted by molar-refractivity contribution is 6.38. The van der Waals surface area contributed by atoms with E-state index in [1.54, 1.807) is 39.0 Å². The number of aliphatic hydroxyl groups excluding tert-OH is 3. The Bertz CT molecular complexity index is 3840. The average Bonchev–Trinajstić information content (AvgIpc) is 3.74. The number of benzene rings is 6. The van der Waals surface area contributed by atoms with Gasteiger partial charge in [-0.05, 0) is 127 Å². The number of aromatic hydroxyl groups is 4. The van der Waals surface area contributed by atoms with Crippen LogP contribution < -0.4 is 16.1 Å². The topological polar surface area (TPSA) is 172 Å². The number of allylic oxidation sites excluding steroid dienone is 3. The lowest BCUT2D eigenvalue weighted by molar-refractivity contribution is 0.363. The minimum atomic E-state index is -1.05. The number of phenols is 4. The van der Waals surface area contributed by atoms with Gasteiger partial charge in [0.15, 0.2) is 28.4 Å². The van der Waals surface area contributed by atoms with E-state index < -0.39 is 45.5 Å². The SMILES string of the molecule is [B]c1c(O)c(O)c(O)c(C(=N/C(=C/C)c2cc3c4ccccc4c4ccccc4c3cc2-n2c(C)cc(C)cccc(C=C)c2/C=C\CC)c2oc(=C(O)/C(O)=C(\C)c3cccc(C)c3)/c(=C/O)c2C)c1O. The lowest BCUT2D eigenvalue weighted by Crippen LogP contribution is -2.25. The molecule has 8 rings (SSSR count). The van der Waals surface area contributed by atoms with Crippen molar-refractivity contribution in [3.8, 4) is 28.7 Å². The van der Waals surface area contributed by atoms with Crippen LogP contribution in [0.4, 0.5) is 0 Å². The molecule has 0 atom stereocenters. The first-order chi connectivity index (χ1) is 34.6. The van der Waals surface area contributed by atoms with Crippen LogP contribution in [0.15, 0.2) is 143 Å². The fourth-order valence-corrected chi connectivity index (χ4v) is 9.32. The summed E-state index contributed by atoms with van der Waals surface area (Å²) < 4.78 is 8.57. The Morgan fingerprint density at radius 2 is 1.33 bits per heavy atom. The minimum Gasteiger partial charge on any atom is -0.515 e. The molecule has 0 spiro atoms. The van der Waals surface area contributed by atoms with Crippen LogP contribution >= 0.6 is 0 Å². The molecule has 0 aliphatic carbocycles. The zero-order chi connectivity index (χ0) is 51.7. The van der Waals surface area contributed by atoms with E-state index in [0.29, 0.717) is 28.6 Å². The van der Waals surface area contributed by atoms with E-state index in [4.69, 9.17) is 17.3 Å². The number of rotatable bonds is 10. The second kappa shape index (κ2) is 20.3. The normalized spacial score (nSPS) is 13.3. The summed E-state index contributed by atoms with van der Waals surface area (Å²) in [6.45, 7) is 17.2. The maximum atomic E-state index is 11.8. The standard InChI is InChI=1S/C61H55BN2O8/c1-9-12-27-49-38(10-2)21-17-19-33(4)28-35(6)64(49)50-31-45-43-26-16-14-24-41(43)40-23-13-15-25-42(40)44(45)30-46(50)48(11-3)63-53(51-55(67)52(62)57(69)58(70)56(51)68)60-37(8)47(32-65)61(72-60)59(71)54(66)36(7)39-22-18-20-34(5)29-39/h10-32,65-71H,2,9H2,1,3-8H3/b21-17?,27-12-,33-19?,35-28?,47-32+,48-11+,49-38?,54-36-,61-59-,63-53?. The maximum Gasteiger partial charge on any atom is 0.202 e. The molecule has 2 aromatic heterocycles. The second-order valence-electron chi connectivity index (χ2n) is 17.7. The van der Waals surface area contributed by atoms with Gasteiger partial charge in [-0.25, -0.2) is 4.99 Å². The van der Waals surface area contributed by atoms with Gasteiger partial charge >= 0.3 is 0 Å². The summed E-state index contributed by atoms with van der Waals surface area (Å²) in [5, 5.41) is 85.5. The van der Waals surface area contributed by atoms with Crippen LogP contribution in [0.2, 0.25) is 0 Å². The molecule has 0 bridgehead atoms. The number of hydrogen-bond donors (Lipinski definition) is 7. The Hall–Kier alpha value is -8.83. The average molecular weight is 955 g/mol. The third-order valence-electron chi connectivity index (χ3n) is 13.0. The van der Waals surface area contributed by atoms with Crippen molar-refractivity contribution < 1.29 is 40.2 Å². The fraction of sp³-hybridized carbons (Fsp3) is 0.131. The van der Waals surface area contributed by atoms with E-state index in [-0.39, 0.29) is 33.4 Å². The number of fused-ring (bicyclic) bond motifs is 6. The Morgan fingerprint density at radius 1 is 0.736 bits per heavy atom. The third-order valence-corrected chi connectivity index (χ3v) is 13.0. The van der Waals surface area contributed by atoms with Crippen LogP contribution in [-0.4, -0.2) is 53.9 Å². The first-order valence-electron chi connectivity index (χ1n) is 23.5. The van der Waals surface area contributed by atoms with Gasteiger partial charge in [-0.15, -0.1) is 0 Å². The first kappa shape index (κ1) is 49.6. The molecule has 11 heteroatoms. The smallest absolute Gasteiger partial charge is 0.202 e. The third kappa shape index (κ3) is 8.74. The number of aromatic nitrogens is 1. The molecule has 2 heterocycles. The van der Waals surface area contributed by atoms with Gasteiger partial charge in [0.2, 0.25) is 11.5 Å². The Balaban J connectivity index is 1.58. The molecule has 10 nitrogen and oxygen atoms in total. The number of aliphatic hydroxyl groups is 3. The molecular weight excluding hydrogens is 899 g/mol. The van der Waals surface area contributed by atoms with Crippen LogP contribution in [-0.2, 0) is 0 Å². The van der Waals surface area contributed by atoms with Gasteiger partial charge in [0.25, 0.3) is 0 Å². The van der Waals surface area contributed by atoms with Gasteiger partial charge in [0.1, 0.15) is 19.3 Å². The minimum absolute atomic E-state index is 0.0797. The van der Waals surface area contributed by atoms with E-state index in [0.717, 1.165) is 66.8 Å². The molecule has 0 aliphatic rings. The number of hydrogen-bond acceptors (Lipinski definition) is 9. The molecule has 0 amide bonds. The lowest BCUT2D eigenvalue weighted by atomic mass is 9.88. The van der Waals surface area contributed by atoms with Crippen molar-refractivity contribution in [2.24, 2.45) is 4.99 Å². The molecule has 360 valence electrons. The number of aliphatic imine (C=N–C) groups is 1. The van der Waals surface area contributed by atoms with Crippen molar-refractivity contribution in [2.75, 3.05) is 0 Å². The summed E-state index contributed by atoms with van der Waals surface area (Å²) >= 11 is 0. The molecule has 0 aliphatic heterocycles. The number of nitrogens with zero attached hydrogens (tertiary/aromatic N) is 2. The van der Waals surface area contributed by atoms with Gasteiger partial charge < -0.3 is 44.7 Å². The number of aryl methyl sites for hydroxylation is 3. The Morgan fingerprint density at radius 3 is 1.92 bits per heavy atom. The van der Waals surface area contributed by atoms with E-state index in [1.807, 2.05) is 81.4 Å². The van der Waals surface area contributed by atoms with E-state index >= 15 is 0 Å². The van der Waals surface area contributed by atoms with Gasteiger partial charge in [-0.1, -0.05) is 128 Å². The largest absolute Gasteiger partial charge is 0.515 e. The number of furan rings is 1. The monoisotopic (exact) mass is 954 g/mol. The second-order valence-corrected chi connectivity index (χ2v) is 17.7. The van der Waals surface area contributed by atoms with E-state index in [1.165, 1.54) is 0 Å². The summed E-state index contributed by atoms with van der Waals surface area (Å²) in [7, 11) is 6.22. The summed E-state index contributed by atoms with van der Waals surface area (Å²) in [4.78, 5) is 5.25. The number of phenolic OH excluding ortho intramolecular Hbond substituents is 4. The van der Waals surface area contributed by atoms with Crippen molar-refractivity contribution in [2.45, 2.75) is 54.9 Å². The predicted octanol–water partition coefficient (Wildman–Crippen LogP) is 12.4. The highest BCUT2D eigenvalue weighted by Crippen LogP contribution is 2.44. The molecule has 2 radical (unpaired) electrons. The maximum absolute atomic E-state index is 11.8. The summed E-state index contributed by atoms with van der Waals surface area (Å²) in [6, 6.07) is 36.0. The molecule has 0 fully saturated rings. The molecule has 0 saturated heterocycles. The van der Waals surface area contributed by atoms with Crippen LogP contribution in [0.1, 0.15) is 83.3 Å². The Labute approximate surface area is 418 Å². The highest BCUT2D eigenvalue weighted by Gasteiger charge is 2.30. The van der Waals surface area contributed by atoms with E-state index in [9.17, 15) is 35.7 Å². The van der Waals surface area contributed by atoms with Gasteiger partial charge in [0.05, 0.1) is 34.1 Å². The highest BCUT2D eigenvalue weighted by atomic mass is 16.4. The first-order valence-corrected chi connectivity index (χ1v) is 23.5. The van der Waals surface area contributed by atoms with Crippen molar-refractivity contribution in [3.05, 3.63) is 200 Å². The van der Waals surface area contributed by atoms with Crippen molar-refractivity contribution in [1.29, 1.82) is 0 Å². The van der Waals surface area contributed by atoms with Crippen molar-refractivity contribution in [1.82, 2.24) is 4.57 Å². The van der Waals surface area contributed by atoms with Gasteiger partial charge in [-0.3, -0.25) is 0 Å². The van der Waals surface area contributed by atoms with Crippen LogP contribution in [0.5, 0.6) is 23.0 Å². The molecule has 8 aromatic rings. The molecule has 72 heavy (non-hydrogen) atoms. The van der Waals surface area contributed by atoms with Crippen LogP contribution in [0.3, 0.4) is 0 Å². The fourth-order valence-electron chi connectivity index (χ4n) is 9.32. The summed E-state index contributed by atoms with van der Waals surface area (Å²) in [5.41, 5.74) is 4.94. The zero-order valence-electron chi connectivity index (χ0n) is 41.2. The van der Waals surface area contributed by atoms with Crippen molar-refractivity contribution >= 4 is 86.8 Å². The van der Waals surface area contributed by atoms with Crippen molar-refractivity contribution in [3.63, 3.8) is 0 Å². The molecule has 0 saturated carbocycles. The molecule has 7 N–H and O–H groups in total. The molecule has 6 aromatic carbocycles. The van der Waals surface area contributed by atoms with Gasteiger partial charge in [0, 0.05) is 22.4 Å². The predicted molar refractivity (Wildman–Crippen MR) is 295 cm³/mol. The summed E-state index contributed by atoms with van der Waals surface area (Å²) in [6.07, 6.45) is 9.11. The zero-order valence-corrected chi connectivity index (χ0v) is 41.2. The van der Waals surface area contributed by atoms with Crippen LogP contribution in [0, 0.1) is 27.7 Å². The quantitative estimate of drug-likeness (QED) is 0.0177. The molecule has 0 unspecified atom stereocenters. The Kier molecular flexibility index (Phi) is 14.0. The lowest BCUT2D eigenvalue weighted by Gasteiger charge is -2.22. The van der Waals surface area contributed by atoms with Crippen LogP contribution in [0.25, 0.3) is 73.4 Å². The molecular formula is C61H55BN2O8. The van der Waals surface area contributed by atoms with E-state index in [2.05, 4.69) is 72.7 Å². The van der Waals surface area contributed by atoms with Gasteiger partial charge in [-0.2, -0.15) is 0 Å².